The first kappa shape index (κ1) is 20.3. The highest BCUT2D eigenvalue weighted by molar-refractivity contribution is 7.09. The average molecular weight is 446 g/mol. The van der Waals surface area contributed by atoms with Gasteiger partial charge >= 0.3 is 0 Å². The fourth-order valence-electron chi connectivity index (χ4n) is 5.77. The van der Waals surface area contributed by atoms with Crippen molar-refractivity contribution in [2.45, 2.75) is 52.4 Å². The number of hydrogen-bond donors (Lipinski definition) is 1. The number of nitrogens with zero attached hydrogens (tertiary/aromatic N) is 4. The molecule has 166 valence electrons. The van der Waals surface area contributed by atoms with Crippen molar-refractivity contribution < 1.29 is 0 Å². The van der Waals surface area contributed by atoms with Gasteiger partial charge in [-0.25, -0.2) is 15.0 Å². The maximum Gasteiger partial charge on any atom is 0.226 e. The van der Waals surface area contributed by atoms with Gasteiger partial charge in [0.25, 0.3) is 0 Å². The predicted molar refractivity (Wildman–Crippen MR) is 131 cm³/mol. The van der Waals surface area contributed by atoms with Gasteiger partial charge in [0.1, 0.15) is 0 Å². The van der Waals surface area contributed by atoms with Crippen LogP contribution in [-0.4, -0.2) is 41.1 Å². The lowest BCUT2D eigenvalue weighted by Gasteiger charge is -2.39. The molecule has 1 aliphatic carbocycles. The fourth-order valence-corrected chi connectivity index (χ4v) is 6.72. The molecule has 3 aliphatic rings. The summed E-state index contributed by atoms with van der Waals surface area (Å²) in [5.41, 5.74) is 11.3. The van der Waals surface area contributed by atoms with Gasteiger partial charge in [-0.1, -0.05) is 18.2 Å². The molecule has 6 rings (SSSR count). The molecule has 3 aromatic rings. The smallest absolute Gasteiger partial charge is 0.226 e. The van der Waals surface area contributed by atoms with Gasteiger partial charge in [0.05, 0.1) is 22.6 Å². The molecule has 2 fully saturated rings. The Bertz CT molecular complexity index is 1180. The van der Waals surface area contributed by atoms with Crippen LogP contribution in [0.5, 0.6) is 0 Å². The van der Waals surface area contributed by atoms with Gasteiger partial charge in [-0.2, -0.15) is 0 Å². The van der Waals surface area contributed by atoms with E-state index in [1.165, 1.54) is 50.6 Å². The van der Waals surface area contributed by atoms with Crippen LogP contribution in [-0.2, 0) is 12.8 Å². The zero-order chi connectivity index (χ0) is 21.9. The number of aryl methyl sites for hydroxylation is 2. The van der Waals surface area contributed by atoms with Crippen molar-refractivity contribution in [3.05, 3.63) is 56.7 Å². The van der Waals surface area contributed by atoms with E-state index in [-0.39, 0.29) is 0 Å². The number of hydrogen-bond acceptors (Lipinski definition) is 6. The van der Waals surface area contributed by atoms with E-state index in [2.05, 4.69) is 54.2 Å². The molecule has 1 N–H and O–H groups in total. The van der Waals surface area contributed by atoms with Crippen LogP contribution in [0.4, 0.5) is 5.95 Å². The summed E-state index contributed by atoms with van der Waals surface area (Å²) < 4.78 is 0. The lowest BCUT2D eigenvalue weighted by atomic mass is 9.81. The van der Waals surface area contributed by atoms with E-state index in [4.69, 9.17) is 9.97 Å². The second-order valence-electron chi connectivity index (χ2n) is 10.1. The van der Waals surface area contributed by atoms with Crippen molar-refractivity contribution in [3.8, 4) is 11.3 Å². The maximum absolute atomic E-state index is 5.25. The van der Waals surface area contributed by atoms with Crippen LogP contribution in [0.2, 0.25) is 0 Å². The van der Waals surface area contributed by atoms with Crippen molar-refractivity contribution >= 4 is 17.3 Å². The van der Waals surface area contributed by atoms with Crippen LogP contribution in [0.25, 0.3) is 11.3 Å². The Balaban J connectivity index is 1.44. The number of nitrogens with one attached hydrogen (secondary N) is 1. The van der Waals surface area contributed by atoms with Crippen molar-refractivity contribution in [2.75, 3.05) is 31.1 Å². The SMILES string of the molecule is Cc1cccc(-c2nc(N3CCC4(CNC4)C3)nc3c2CC[C@@H](c2scnc2C)C3)c1C. The van der Waals surface area contributed by atoms with E-state index in [9.17, 15) is 0 Å². The molecule has 0 unspecified atom stereocenters. The minimum Gasteiger partial charge on any atom is -0.340 e. The summed E-state index contributed by atoms with van der Waals surface area (Å²) in [6.07, 6.45) is 4.41. The molecule has 1 spiro atoms. The molecule has 1 aromatic carbocycles. The molecule has 2 saturated heterocycles. The zero-order valence-electron chi connectivity index (χ0n) is 19.2. The predicted octanol–water partition coefficient (Wildman–Crippen LogP) is 4.60. The average Bonchev–Trinajstić information content (AvgIpc) is 3.41. The molecule has 4 heterocycles. The van der Waals surface area contributed by atoms with Crippen LogP contribution in [0.1, 0.15) is 51.7 Å². The molecule has 2 aromatic heterocycles. The lowest BCUT2D eigenvalue weighted by molar-refractivity contribution is 0.199. The summed E-state index contributed by atoms with van der Waals surface area (Å²) in [5, 5.41) is 3.47. The van der Waals surface area contributed by atoms with Gasteiger partial charge in [0, 0.05) is 53.5 Å². The van der Waals surface area contributed by atoms with Crippen molar-refractivity contribution in [3.63, 3.8) is 0 Å². The van der Waals surface area contributed by atoms with Crippen LogP contribution in [0.3, 0.4) is 0 Å². The third-order valence-electron chi connectivity index (χ3n) is 8.00. The second-order valence-corrected chi connectivity index (χ2v) is 10.9. The summed E-state index contributed by atoms with van der Waals surface area (Å²) in [5.74, 6) is 1.45. The first-order valence-corrected chi connectivity index (χ1v) is 12.7. The van der Waals surface area contributed by atoms with Crippen LogP contribution >= 0.6 is 11.3 Å². The van der Waals surface area contributed by atoms with E-state index >= 15 is 0 Å². The summed E-state index contributed by atoms with van der Waals surface area (Å²) in [4.78, 5) is 18.9. The minimum atomic E-state index is 0.432. The fraction of sp³-hybridized carbons (Fsp3) is 0.500. The van der Waals surface area contributed by atoms with Crippen molar-refractivity contribution in [1.82, 2.24) is 20.3 Å². The largest absolute Gasteiger partial charge is 0.340 e. The van der Waals surface area contributed by atoms with Gasteiger partial charge in [-0.3, -0.25) is 0 Å². The Labute approximate surface area is 194 Å². The quantitative estimate of drug-likeness (QED) is 0.639. The summed E-state index contributed by atoms with van der Waals surface area (Å²) in [6.45, 7) is 11.0. The molecule has 0 bridgehead atoms. The molecule has 1 atom stereocenters. The number of aromatic nitrogens is 3. The standard InChI is InChI=1S/C26H31N5S/c1-16-5-4-6-20(17(16)2)23-21-8-7-19(24-18(3)28-15-32-24)11-22(21)29-25(30-23)31-10-9-26(14-31)12-27-13-26/h4-6,15,19,27H,7-14H2,1-3H3/t19-/m1/s1. The molecule has 5 nitrogen and oxygen atoms in total. The molecule has 0 saturated carbocycles. The summed E-state index contributed by atoms with van der Waals surface area (Å²) >= 11 is 1.80. The highest BCUT2D eigenvalue weighted by Crippen LogP contribution is 2.41. The molecular formula is C26H31N5S. The Kier molecular flexibility index (Phi) is 4.84. The monoisotopic (exact) mass is 445 g/mol. The third-order valence-corrected chi connectivity index (χ3v) is 9.09. The van der Waals surface area contributed by atoms with E-state index in [1.54, 1.807) is 11.3 Å². The lowest BCUT2D eigenvalue weighted by Crippen LogP contribution is -2.54. The zero-order valence-corrected chi connectivity index (χ0v) is 20.1. The minimum absolute atomic E-state index is 0.432. The Morgan fingerprint density at radius 2 is 2.03 bits per heavy atom. The first-order chi connectivity index (χ1) is 15.5. The van der Waals surface area contributed by atoms with Gasteiger partial charge in [0.2, 0.25) is 5.95 Å². The van der Waals surface area contributed by atoms with Gasteiger partial charge in [0.15, 0.2) is 0 Å². The van der Waals surface area contributed by atoms with Gasteiger partial charge in [-0.05, 0) is 57.6 Å². The third kappa shape index (κ3) is 3.27. The van der Waals surface area contributed by atoms with Gasteiger partial charge in [-0.15, -0.1) is 11.3 Å². The normalized spacial score (nSPS) is 21.6. The number of benzene rings is 1. The maximum atomic E-state index is 5.25. The molecule has 32 heavy (non-hydrogen) atoms. The summed E-state index contributed by atoms with van der Waals surface area (Å²) in [7, 11) is 0. The number of rotatable bonds is 3. The van der Waals surface area contributed by atoms with Crippen molar-refractivity contribution in [2.24, 2.45) is 5.41 Å². The highest BCUT2D eigenvalue weighted by Gasteiger charge is 2.44. The Morgan fingerprint density at radius 1 is 1.16 bits per heavy atom. The van der Waals surface area contributed by atoms with Crippen LogP contribution in [0.15, 0.2) is 23.7 Å². The van der Waals surface area contributed by atoms with Crippen molar-refractivity contribution in [1.29, 1.82) is 0 Å². The number of anilines is 1. The van der Waals surface area contributed by atoms with Crippen LogP contribution < -0.4 is 10.2 Å². The van der Waals surface area contributed by atoms with Crippen LogP contribution in [0, 0.1) is 26.2 Å². The Hall–Kier alpha value is -2.31. The first-order valence-electron chi connectivity index (χ1n) is 11.8. The highest BCUT2D eigenvalue weighted by atomic mass is 32.1. The van der Waals surface area contributed by atoms with E-state index in [0.717, 1.165) is 51.4 Å². The molecule has 0 amide bonds. The molecular weight excluding hydrogens is 414 g/mol. The Morgan fingerprint density at radius 3 is 2.75 bits per heavy atom. The number of fused-ring (bicyclic) bond motifs is 1. The molecule has 6 heteroatoms. The molecule has 2 aliphatic heterocycles. The van der Waals surface area contributed by atoms with Gasteiger partial charge < -0.3 is 10.2 Å². The van der Waals surface area contributed by atoms with E-state index in [1.807, 2.05) is 5.51 Å². The topological polar surface area (TPSA) is 53.9 Å². The second kappa shape index (κ2) is 7.63. The summed E-state index contributed by atoms with van der Waals surface area (Å²) in [6, 6.07) is 6.61. The van der Waals surface area contributed by atoms with E-state index < -0.39 is 0 Å². The molecule has 0 radical (unpaired) electrons. The number of thiazole rings is 1. The van der Waals surface area contributed by atoms with E-state index in [0.29, 0.717) is 11.3 Å².